The van der Waals surface area contributed by atoms with Crippen molar-refractivity contribution in [2.45, 2.75) is 231 Å². The van der Waals surface area contributed by atoms with Gasteiger partial charge in [-0.15, -0.1) is 0 Å². The van der Waals surface area contributed by atoms with E-state index in [1.165, 1.54) is 83.5 Å². The average molecular weight is 833 g/mol. The lowest BCUT2D eigenvalue weighted by molar-refractivity contribution is -0.161. The van der Waals surface area contributed by atoms with Gasteiger partial charge in [-0.3, -0.25) is 14.1 Å². The second-order valence-corrected chi connectivity index (χ2v) is 18.4. The molecule has 0 radical (unpaired) electrons. The molecule has 0 aliphatic heterocycles. The number of carbonyl (C=O) groups excluding carboxylic acids is 2. The normalized spacial score (nSPS) is 19.7. The van der Waals surface area contributed by atoms with Gasteiger partial charge in [-0.2, -0.15) is 0 Å². The minimum atomic E-state index is -4.81. The zero-order valence-electron chi connectivity index (χ0n) is 36.2. The lowest BCUT2D eigenvalue weighted by Crippen LogP contribution is -2.29. The van der Waals surface area contributed by atoms with Gasteiger partial charge in [0.2, 0.25) is 0 Å². The van der Waals surface area contributed by atoms with E-state index in [0.29, 0.717) is 25.7 Å². The Labute approximate surface area is 346 Å². The minimum Gasteiger partial charge on any atom is -0.462 e. The second-order valence-electron chi connectivity index (χ2n) is 17.2. The minimum absolute atomic E-state index is 0.0886. The molecule has 0 heterocycles. The van der Waals surface area contributed by atoms with Gasteiger partial charge in [-0.05, 0) is 37.5 Å². The predicted molar refractivity (Wildman–Crippen MR) is 227 cm³/mol. The molecule has 1 saturated carbocycles. The molecule has 1 fully saturated rings. The lowest BCUT2D eigenvalue weighted by atomic mass is 9.88. The van der Waals surface area contributed by atoms with Crippen molar-refractivity contribution in [3.05, 3.63) is 12.2 Å². The Kier molecular flexibility index (Phi) is 32.4. The molecule has 11 nitrogen and oxygen atoms in total. The van der Waals surface area contributed by atoms with Crippen LogP contribution in [-0.4, -0.2) is 74.7 Å². The van der Waals surface area contributed by atoms with E-state index in [1.807, 2.05) is 6.08 Å². The Bertz CT molecular complexity index is 1060. The van der Waals surface area contributed by atoms with Crippen LogP contribution in [0.5, 0.6) is 0 Å². The number of carbonyl (C=O) groups is 2. The quantitative estimate of drug-likeness (QED) is 0.0173. The summed E-state index contributed by atoms with van der Waals surface area (Å²) in [6.07, 6.45) is 30.0. The first kappa shape index (κ1) is 53.7. The van der Waals surface area contributed by atoms with E-state index in [2.05, 4.69) is 25.3 Å². The standard InChI is InChI=1S/C45H85O11P/c1-4-5-22-28-38(46)32-33-41-40(42(47)34-43(41)48)29-24-20-21-26-31-45(50)56-39(36-55-57(51,52)53)35-54-44(49)30-25-19-17-15-13-11-9-7-6-8-10-12-14-16-18-23-27-37(2)3/h32-33,37-43,46-48H,4-31,34-36H2,1-3H3,(H2,51,52,53)/b33-32+/t38-,39+,40+,41+,42-,43+/m0/s1. The first-order chi connectivity index (χ1) is 27.3. The summed E-state index contributed by atoms with van der Waals surface area (Å²) in [5, 5.41) is 31.3. The molecule has 0 aromatic heterocycles. The van der Waals surface area contributed by atoms with Gasteiger partial charge in [0.05, 0.1) is 24.9 Å². The molecule has 6 atom stereocenters. The summed E-state index contributed by atoms with van der Waals surface area (Å²) >= 11 is 0. The van der Waals surface area contributed by atoms with Crippen LogP contribution >= 0.6 is 7.82 Å². The molecule has 1 aliphatic rings. The van der Waals surface area contributed by atoms with Gasteiger partial charge in [0.25, 0.3) is 0 Å². The van der Waals surface area contributed by atoms with Crippen LogP contribution < -0.4 is 0 Å². The highest BCUT2D eigenvalue weighted by molar-refractivity contribution is 7.46. The number of phosphoric ester groups is 1. The van der Waals surface area contributed by atoms with E-state index in [9.17, 15) is 29.5 Å². The number of aliphatic hydroxyl groups is 3. The number of phosphoric acid groups is 1. The van der Waals surface area contributed by atoms with E-state index in [0.717, 1.165) is 70.1 Å². The third-order valence-electron chi connectivity index (χ3n) is 11.3. The lowest BCUT2D eigenvalue weighted by Gasteiger charge is -2.21. The fourth-order valence-corrected chi connectivity index (χ4v) is 8.19. The molecule has 5 N–H and O–H groups in total. The van der Waals surface area contributed by atoms with E-state index in [1.54, 1.807) is 6.08 Å². The molecule has 0 bridgehead atoms. The molecule has 12 heteroatoms. The van der Waals surface area contributed by atoms with E-state index in [-0.39, 0.29) is 31.3 Å². The molecular formula is C45H85O11P. The molecule has 0 amide bonds. The first-order valence-electron chi connectivity index (χ1n) is 23.1. The van der Waals surface area contributed by atoms with E-state index >= 15 is 0 Å². The van der Waals surface area contributed by atoms with Gasteiger partial charge in [-0.25, -0.2) is 4.57 Å². The highest BCUT2D eigenvalue weighted by atomic mass is 31.2. The monoisotopic (exact) mass is 833 g/mol. The summed E-state index contributed by atoms with van der Waals surface area (Å²) < 4.78 is 26.5. The number of rotatable bonds is 38. The Morgan fingerprint density at radius 1 is 0.667 bits per heavy atom. The van der Waals surface area contributed by atoms with Crippen molar-refractivity contribution in [1.29, 1.82) is 0 Å². The molecule has 0 saturated heterocycles. The molecule has 1 aliphatic carbocycles. The third kappa shape index (κ3) is 31.2. The molecule has 0 unspecified atom stereocenters. The number of hydrogen-bond donors (Lipinski definition) is 5. The summed E-state index contributed by atoms with van der Waals surface area (Å²) in [6, 6.07) is 0. The van der Waals surface area contributed by atoms with Crippen molar-refractivity contribution in [2.24, 2.45) is 17.8 Å². The highest BCUT2D eigenvalue weighted by Gasteiger charge is 2.39. The van der Waals surface area contributed by atoms with Crippen LogP contribution in [0.1, 0.15) is 207 Å². The van der Waals surface area contributed by atoms with Crippen LogP contribution in [0, 0.1) is 17.8 Å². The SMILES string of the molecule is CCCCC[C@H](O)/C=C/[C@@H]1[C@@H](CCCCCCC(=O)O[C@H](COC(=O)CCCCCCCCCCCCCCCCCCC(C)C)COP(=O)(O)O)[C@@H](O)C[C@H]1O. The fraction of sp³-hybridized carbons (Fsp3) is 0.911. The molecule has 0 spiro atoms. The Hall–Kier alpha value is -1.33. The topological polar surface area (TPSA) is 180 Å². The van der Waals surface area contributed by atoms with Crippen molar-refractivity contribution in [3.8, 4) is 0 Å². The number of unbranched alkanes of at least 4 members (excludes halogenated alkanes) is 20. The van der Waals surface area contributed by atoms with Crippen LogP contribution in [0.2, 0.25) is 0 Å². The van der Waals surface area contributed by atoms with Gasteiger partial charge in [-0.1, -0.05) is 174 Å². The van der Waals surface area contributed by atoms with Crippen molar-refractivity contribution >= 4 is 19.8 Å². The van der Waals surface area contributed by atoms with E-state index < -0.39 is 50.8 Å². The summed E-state index contributed by atoms with van der Waals surface area (Å²) in [5.41, 5.74) is 0. The van der Waals surface area contributed by atoms with Crippen LogP contribution in [-0.2, 0) is 28.2 Å². The first-order valence-corrected chi connectivity index (χ1v) is 24.6. The summed E-state index contributed by atoms with van der Waals surface area (Å²) in [5.74, 6) is -0.479. The summed E-state index contributed by atoms with van der Waals surface area (Å²) in [7, 11) is -4.81. The Morgan fingerprint density at radius 3 is 1.68 bits per heavy atom. The van der Waals surface area contributed by atoms with Crippen LogP contribution in [0.3, 0.4) is 0 Å². The molecule has 0 aromatic carbocycles. The van der Waals surface area contributed by atoms with Crippen LogP contribution in [0.25, 0.3) is 0 Å². The Morgan fingerprint density at radius 2 is 1.16 bits per heavy atom. The molecular weight excluding hydrogens is 747 g/mol. The number of aliphatic hydroxyl groups excluding tert-OH is 3. The summed E-state index contributed by atoms with van der Waals surface area (Å²) in [4.78, 5) is 43.2. The number of ether oxygens (including phenoxy) is 2. The molecule has 0 aromatic rings. The average Bonchev–Trinajstić information content (AvgIpc) is 3.42. The largest absolute Gasteiger partial charge is 0.469 e. The van der Waals surface area contributed by atoms with Crippen molar-refractivity contribution in [2.75, 3.05) is 13.2 Å². The van der Waals surface area contributed by atoms with Gasteiger partial charge < -0.3 is 34.6 Å². The smallest absolute Gasteiger partial charge is 0.462 e. The van der Waals surface area contributed by atoms with Crippen molar-refractivity contribution in [3.63, 3.8) is 0 Å². The van der Waals surface area contributed by atoms with Crippen LogP contribution in [0.4, 0.5) is 0 Å². The van der Waals surface area contributed by atoms with Gasteiger partial charge in [0, 0.05) is 25.2 Å². The number of hydrogen-bond acceptors (Lipinski definition) is 9. The van der Waals surface area contributed by atoms with Crippen LogP contribution in [0.15, 0.2) is 12.2 Å². The fourth-order valence-electron chi connectivity index (χ4n) is 7.83. The summed E-state index contributed by atoms with van der Waals surface area (Å²) in [6.45, 7) is 5.78. The van der Waals surface area contributed by atoms with Gasteiger partial charge in [0.1, 0.15) is 6.61 Å². The van der Waals surface area contributed by atoms with Crippen molar-refractivity contribution in [1.82, 2.24) is 0 Å². The second kappa shape index (κ2) is 34.4. The molecule has 336 valence electrons. The maximum atomic E-state index is 12.6. The maximum absolute atomic E-state index is 12.6. The molecule has 1 rings (SSSR count). The zero-order valence-corrected chi connectivity index (χ0v) is 37.1. The zero-order chi connectivity index (χ0) is 42.2. The maximum Gasteiger partial charge on any atom is 0.469 e. The highest BCUT2D eigenvalue weighted by Crippen LogP contribution is 2.38. The van der Waals surface area contributed by atoms with Crippen molar-refractivity contribution < 1.29 is 53.3 Å². The third-order valence-corrected chi connectivity index (χ3v) is 11.8. The Balaban J connectivity index is 2.19. The number of esters is 2. The van der Waals surface area contributed by atoms with Gasteiger partial charge >= 0.3 is 19.8 Å². The predicted octanol–water partition coefficient (Wildman–Crippen LogP) is 10.4. The van der Waals surface area contributed by atoms with Gasteiger partial charge in [0.15, 0.2) is 6.10 Å². The van der Waals surface area contributed by atoms with E-state index in [4.69, 9.17) is 19.3 Å². The molecule has 57 heavy (non-hydrogen) atoms.